The van der Waals surface area contributed by atoms with Crippen molar-refractivity contribution in [1.82, 2.24) is 19.9 Å². The number of nitrogens with zero attached hydrogens (tertiary/aromatic N) is 4. The highest BCUT2D eigenvalue weighted by Gasteiger charge is 2.21. The van der Waals surface area contributed by atoms with E-state index in [1.807, 2.05) is 50.2 Å². The maximum absolute atomic E-state index is 13.2. The molecule has 8 nitrogen and oxygen atoms in total. The molecule has 192 valence electrons. The molecule has 5 aromatic rings. The molecule has 0 saturated heterocycles. The Balaban J connectivity index is 1.47. The first-order valence-corrected chi connectivity index (χ1v) is 14.2. The van der Waals surface area contributed by atoms with E-state index in [2.05, 4.69) is 20.0 Å². The van der Waals surface area contributed by atoms with E-state index < -0.39 is 10.0 Å². The summed E-state index contributed by atoms with van der Waals surface area (Å²) in [5, 5.41) is 4.06. The minimum atomic E-state index is -3.77. The average Bonchev–Trinajstić information content (AvgIpc) is 3.27. The van der Waals surface area contributed by atoms with Crippen molar-refractivity contribution >= 4 is 38.7 Å². The van der Waals surface area contributed by atoms with Gasteiger partial charge in [0.15, 0.2) is 0 Å². The van der Waals surface area contributed by atoms with Gasteiger partial charge in [-0.05, 0) is 69.2 Å². The summed E-state index contributed by atoms with van der Waals surface area (Å²) in [6.07, 6.45) is 3.43. The Morgan fingerprint density at radius 3 is 2.32 bits per heavy atom. The van der Waals surface area contributed by atoms with Gasteiger partial charge in [-0.3, -0.25) is 9.71 Å². The van der Waals surface area contributed by atoms with E-state index in [-0.39, 0.29) is 0 Å². The zero-order chi connectivity index (χ0) is 26.9. The van der Waals surface area contributed by atoms with Gasteiger partial charge in [0.25, 0.3) is 10.0 Å². The fraction of sp³-hybridized carbons (Fsp3) is 0.143. The van der Waals surface area contributed by atoms with Crippen LogP contribution in [0.3, 0.4) is 0 Å². The number of nitrogens with one attached hydrogen (secondary N) is 2. The number of rotatable bonds is 7. The summed E-state index contributed by atoms with van der Waals surface area (Å²) in [5.41, 5.74) is 5.78. The van der Waals surface area contributed by atoms with Gasteiger partial charge in [0.05, 0.1) is 38.1 Å². The lowest BCUT2D eigenvalue weighted by Crippen LogP contribution is -2.15. The number of aromatic nitrogens is 4. The van der Waals surface area contributed by atoms with Crippen molar-refractivity contribution in [3.63, 3.8) is 0 Å². The molecule has 0 fully saturated rings. The van der Waals surface area contributed by atoms with Gasteiger partial charge in [-0.25, -0.2) is 23.4 Å². The van der Waals surface area contributed by atoms with Crippen molar-refractivity contribution in [3.05, 3.63) is 94.9 Å². The number of hydrogen-bond donors (Lipinski definition) is 2. The lowest BCUT2D eigenvalue weighted by molar-refractivity contribution is 0.600. The number of benzene rings is 2. The highest BCUT2D eigenvalue weighted by atomic mass is 32.2. The zero-order valence-corrected chi connectivity index (χ0v) is 23.0. The second-order valence-corrected chi connectivity index (χ2v) is 11.7. The molecule has 0 atom stereocenters. The minimum absolute atomic E-state index is 0.292. The summed E-state index contributed by atoms with van der Waals surface area (Å²) in [7, 11) is -3.77. The van der Waals surface area contributed by atoms with Gasteiger partial charge < -0.3 is 5.32 Å². The number of sulfonamides is 1. The Bertz CT molecular complexity index is 1710. The normalized spacial score (nSPS) is 11.4. The van der Waals surface area contributed by atoms with Crippen LogP contribution in [-0.2, 0) is 10.0 Å². The Hall–Kier alpha value is -4.15. The fourth-order valence-electron chi connectivity index (χ4n) is 4.17. The lowest BCUT2D eigenvalue weighted by atomic mass is 10.1. The molecule has 10 heteroatoms. The molecule has 0 spiro atoms. The third-order valence-electron chi connectivity index (χ3n) is 5.86. The van der Waals surface area contributed by atoms with Crippen molar-refractivity contribution in [1.29, 1.82) is 0 Å². The predicted molar refractivity (Wildman–Crippen MR) is 152 cm³/mol. The van der Waals surface area contributed by atoms with Gasteiger partial charge >= 0.3 is 0 Å². The van der Waals surface area contributed by atoms with E-state index in [9.17, 15) is 8.42 Å². The molecule has 0 amide bonds. The van der Waals surface area contributed by atoms with Gasteiger partial charge in [-0.15, -0.1) is 11.3 Å². The van der Waals surface area contributed by atoms with Crippen LogP contribution >= 0.6 is 11.3 Å². The van der Waals surface area contributed by atoms with Crippen molar-refractivity contribution < 1.29 is 8.42 Å². The second-order valence-electron chi connectivity index (χ2n) is 8.90. The Kier molecular flexibility index (Phi) is 6.92. The molecule has 0 unspecified atom stereocenters. The van der Waals surface area contributed by atoms with Gasteiger partial charge in [0.1, 0.15) is 0 Å². The molecule has 5 rings (SSSR count). The van der Waals surface area contributed by atoms with Crippen molar-refractivity contribution in [2.24, 2.45) is 0 Å². The van der Waals surface area contributed by atoms with E-state index in [1.54, 1.807) is 50.5 Å². The molecule has 2 N–H and O–H groups in total. The van der Waals surface area contributed by atoms with Crippen molar-refractivity contribution in [2.45, 2.75) is 32.6 Å². The third-order valence-corrected chi connectivity index (χ3v) is 8.53. The summed E-state index contributed by atoms with van der Waals surface area (Å²) in [4.78, 5) is 19.3. The van der Waals surface area contributed by atoms with Gasteiger partial charge in [0.2, 0.25) is 5.95 Å². The predicted octanol–water partition coefficient (Wildman–Crippen LogP) is 6.44. The molecule has 0 aliphatic heterocycles. The Morgan fingerprint density at radius 1 is 0.816 bits per heavy atom. The average molecular weight is 543 g/mol. The van der Waals surface area contributed by atoms with E-state index in [1.165, 1.54) is 11.3 Å². The molecule has 3 heterocycles. The molecule has 0 radical (unpaired) electrons. The number of thiazole rings is 1. The minimum Gasteiger partial charge on any atom is -0.323 e. The van der Waals surface area contributed by atoms with Gasteiger partial charge in [-0.1, -0.05) is 30.3 Å². The topological polar surface area (TPSA) is 110 Å². The quantitative estimate of drug-likeness (QED) is 0.243. The third kappa shape index (κ3) is 5.41. The van der Waals surface area contributed by atoms with Crippen LogP contribution in [0.25, 0.3) is 21.8 Å². The largest absolute Gasteiger partial charge is 0.323 e. The smallest absolute Gasteiger partial charge is 0.262 e. The number of aryl methyl sites for hydroxylation is 4. The number of anilines is 3. The molecule has 0 bridgehead atoms. The van der Waals surface area contributed by atoms with Crippen LogP contribution in [0.15, 0.2) is 78.0 Å². The molecule has 38 heavy (non-hydrogen) atoms. The van der Waals surface area contributed by atoms with Crippen LogP contribution in [0.2, 0.25) is 0 Å². The highest BCUT2D eigenvalue weighted by Crippen LogP contribution is 2.37. The summed E-state index contributed by atoms with van der Waals surface area (Å²) >= 11 is 1.52. The highest BCUT2D eigenvalue weighted by molar-refractivity contribution is 7.92. The lowest BCUT2D eigenvalue weighted by Gasteiger charge is -2.13. The molecular formula is C28H26N6O2S2. The number of hydrogen-bond acceptors (Lipinski definition) is 8. The van der Waals surface area contributed by atoms with E-state index in [0.717, 1.165) is 32.5 Å². The molecular weight excluding hydrogens is 516 g/mol. The van der Waals surface area contributed by atoms with Crippen LogP contribution in [0.5, 0.6) is 0 Å². The fourth-order valence-corrected chi connectivity index (χ4v) is 6.61. The Morgan fingerprint density at radius 2 is 1.58 bits per heavy atom. The van der Waals surface area contributed by atoms with Gasteiger partial charge in [0, 0.05) is 23.1 Å². The van der Waals surface area contributed by atoms with Crippen molar-refractivity contribution in [2.75, 3.05) is 10.0 Å². The zero-order valence-electron chi connectivity index (χ0n) is 21.4. The van der Waals surface area contributed by atoms with E-state index in [0.29, 0.717) is 33.4 Å². The SMILES string of the molecule is Cc1ccc(Nc2nccc(-c3sc(C)nc3-c3cccc(NS(=O)(=O)c4c(C)cccc4C)c3)n2)cn1. The van der Waals surface area contributed by atoms with Crippen LogP contribution in [0, 0.1) is 27.7 Å². The summed E-state index contributed by atoms with van der Waals surface area (Å²) in [6.45, 7) is 7.45. The maximum atomic E-state index is 13.2. The first-order chi connectivity index (χ1) is 18.2. The monoisotopic (exact) mass is 542 g/mol. The molecule has 0 saturated carbocycles. The first-order valence-electron chi connectivity index (χ1n) is 11.9. The first kappa shape index (κ1) is 25.5. The van der Waals surface area contributed by atoms with E-state index >= 15 is 0 Å². The van der Waals surface area contributed by atoms with Crippen LogP contribution < -0.4 is 10.0 Å². The molecule has 2 aromatic carbocycles. The van der Waals surface area contributed by atoms with Crippen LogP contribution in [0.4, 0.5) is 17.3 Å². The van der Waals surface area contributed by atoms with E-state index in [4.69, 9.17) is 9.97 Å². The molecule has 0 aliphatic rings. The maximum Gasteiger partial charge on any atom is 0.262 e. The molecule has 0 aliphatic carbocycles. The summed E-state index contributed by atoms with van der Waals surface area (Å²) in [5.74, 6) is 0.445. The van der Waals surface area contributed by atoms with Crippen molar-refractivity contribution in [3.8, 4) is 21.8 Å². The van der Waals surface area contributed by atoms with Gasteiger partial charge in [-0.2, -0.15) is 0 Å². The second kappa shape index (κ2) is 10.3. The number of pyridine rings is 1. The standard InChI is InChI=1S/C28H26N6O2S2/c1-17-7-5-8-18(2)27(17)38(35,36)34-22-10-6-9-21(15-22)25-26(37-20(4)31-25)24-13-14-29-28(33-24)32-23-12-11-19(3)30-16-23/h5-16,34H,1-4H3,(H,29,32,33). The van der Waals surface area contributed by atoms with Crippen LogP contribution in [-0.4, -0.2) is 28.4 Å². The summed E-state index contributed by atoms with van der Waals surface area (Å²) < 4.78 is 29.2. The molecule has 3 aromatic heterocycles. The Labute approximate surface area is 225 Å². The summed E-state index contributed by atoms with van der Waals surface area (Å²) in [6, 6.07) is 18.4. The van der Waals surface area contributed by atoms with Crippen LogP contribution in [0.1, 0.15) is 21.8 Å².